The lowest BCUT2D eigenvalue weighted by Gasteiger charge is -2.07. The number of aromatic nitrogens is 1. The number of nitrogens with zero attached hydrogens (tertiary/aromatic N) is 2. The van der Waals surface area contributed by atoms with E-state index in [1.54, 1.807) is 30.3 Å². The Balaban J connectivity index is 1.38. The van der Waals surface area contributed by atoms with E-state index in [1.807, 2.05) is 66.7 Å². The number of carbonyl (C=O) groups is 1. The number of rotatable bonds is 6. The van der Waals surface area contributed by atoms with Crippen LogP contribution in [0.3, 0.4) is 0 Å². The summed E-state index contributed by atoms with van der Waals surface area (Å²) in [5.41, 5.74) is 3.66. The first kappa shape index (κ1) is 19.1. The number of hydrogen-bond donors (Lipinski definition) is 0. The molecule has 144 valence electrons. The number of para-hydroxylation sites is 1. The second kappa shape index (κ2) is 8.85. The van der Waals surface area contributed by atoms with E-state index in [1.165, 1.54) is 6.08 Å². The minimum atomic E-state index is -0.144. The Bertz CT molecular complexity index is 1270. The molecule has 0 unspecified atom stereocenters. The lowest BCUT2D eigenvalue weighted by Crippen LogP contribution is -1.98. The number of ketones is 1. The van der Waals surface area contributed by atoms with E-state index in [-0.39, 0.29) is 5.78 Å². The monoisotopic (exact) mass is 390 g/mol. The predicted molar refractivity (Wildman–Crippen MR) is 117 cm³/mol. The van der Waals surface area contributed by atoms with E-state index in [0.717, 1.165) is 27.9 Å². The third kappa shape index (κ3) is 4.60. The summed E-state index contributed by atoms with van der Waals surface area (Å²) in [5, 5.41) is 10.0. The second-order valence-corrected chi connectivity index (χ2v) is 6.74. The van der Waals surface area contributed by atoms with Gasteiger partial charge in [0.25, 0.3) is 0 Å². The molecule has 0 saturated heterocycles. The zero-order valence-electron chi connectivity index (χ0n) is 16.2. The van der Waals surface area contributed by atoms with Crippen molar-refractivity contribution in [1.29, 1.82) is 5.26 Å². The molecule has 4 nitrogen and oxygen atoms in total. The average molecular weight is 390 g/mol. The summed E-state index contributed by atoms with van der Waals surface area (Å²) in [5.74, 6) is 0.588. The number of hydrogen-bond acceptors (Lipinski definition) is 4. The summed E-state index contributed by atoms with van der Waals surface area (Å²) in [4.78, 5) is 16.9. The molecule has 0 aliphatic heterocycles. The van der Waals surface area contributed by atoms with Crippen molar-refractivity contribution in [2.45, 2.75) is 6.61 Å². The Labute approximate surface area is 174 Å². The van der Waals surface area contributed by atoms with Crippen molar-refractivity contribution in [2.75, 3.05) is 0 Å². The largest absolute Gasteiger partial charge is 0.487 e. The number of carbonyl (C=O) groups excluding carboxylic acids is 1. The Morgan fingerprint density at radius 2 is 1.80 bits per heavy atom. The maximum atomic E-state index is 12.3. The molecule has 0 aliphatic carbocycles. The van der Waals surface area contributed by atoms with Gasteiger partial charge in [0.15, 0.2) is 5.78 Å². The summed E-state index contributed by atoms with van der Waals surface area (Å²) >= 11 is 0. The molecule has 4 rings (SSSR count). The van der Waals surface area contributed by atoms with Gasteiger partial charge in [-0.15, -0.1) is 0 Å². The Morgan fingerprint density at radius 1 is 0.967 bits per heavy atom. The first-order chi connectivity index (χ1) is 14.7. The van der Waals surface area contributed by atoms with Gasteiger partial charge in [0.1, 0.15) is 12.4 Å². The van der Waals surface area contributed by atoms with Gasteiger partial charge < -0.3 is 4.74 Å². The van der Waals surface area contributed by atoms with Crippen LogP contribution in [-0.2, 0) is 6.61 Å². The first-order valence-corrected chi connectivity index (χ1v) is 9.51. The molecule has 0 fully saturated rings. The summed E-state index contributed by atoms with van der Waals surface area (Å²) in [6.45, 7) is 0.383. The molecule has 0 saturated carbocycles. The molecule has 3 aromatic carbocycles. The van der Waals surface area contributed by atoms with Gasteiger partial charge in [0, 0.05) is 10.9 Å². The normalized spacial score (nSPS) is 10.8. The fourth-order valence-corrected chi connectivity index (χ4v) is 3.03. The van der Waals surface area contributed by atoms with Crippen molar-refractivity contribution in [1.82, 2.24) is 4.98 Å². The van der Waals surface area contributed by atoms with Gasteiger partial charge in [-0.05, 0) is 48.0 Å². The fraction of sp³-hybridized carbons (Fsp3) is 0.0385. The van der Waals surface area contributed by atoms with Crippen LogP contribution in [0.4, 0.5) is 0 Å². The molecule has 0 atom stereocenters. The van der Waals surface area contributed by atoms with Crippen LogP contribution in [0.15, 0.2) is 91.0 Å². The molecule has 0 radical (unpaired) electrons. The van der Waals surface area contributed by atoms with Crippen LogP contribution in [0.2, 0.25) is 0 Å². The van der Waals surface area contributed by atoms with Crippen molar-refractivity contribution in [3.8, 4) is 11.8 Å². The zero-order valence-corrected chi connectivity index (χ0v) is 16.2. The Kier molecular flexibility index (Phi) is 5.63. The van der Waals surface area contributed by atoms with E-state index in [2.05, 4.69) is 4.98 Å². The summed E-state index contributed by atoms with van der Waals surface area (Å²) in [6, 6.07) is 28.2. The van der Waals surface area contributed by atoms with E-state index < -0.39 is 0 Å². The number of benzene rings is 3. The van der Waals surface area contributed by atoms with Crippen LogP contribution in [0.25, 0.3) is 17.0 Å². The van der Waals surface area contributed by atoms with E-state index in [4.69, 9.17) is 10.00 Å². The van der Waals surface area contributed by atoms with Crippen LogP contribution in [0.5, 0.6) is 5.75 Å². The van der Waals surface area contributed by atoms with Crippen LogP contribution in [-0.4, -0.2) is 10.8 Å². The molecule has 1 aromatic heterocycles. The minimum Gasteiger partial charge on any atom is -0.487 e. The second-order valence-electron chi connectivity index (χ2n) is 6.74. The fourth-order valence-electron chi connectivity index (χ4n) is 3.03. The maximum absolute atomic E-state index is 12.3. The number of nitriles is 1. The predicted octanol–water partition coefficient (Wildman–Crippen LogP) is 5.58. The SMILES string of the molecule is N#Cc1cccc(C(=O)C=Cc2ccc(OCc3ccc4ccccc4n3)cc2)c1. The topological polar surface area (TPSA) is 63.0 Å². The molecule has 30 heavy (non-hydrogen) atoms. The molecule has 0 N–H and O–H groups in total. The van der Waals surface area contributed by atoms with Gasteiger partial charge in [-0.2, -0.15) is 5.26 Å². The third-order valence-corrected chi connectivity index (χ3v) is 4.63. The van der Waals surface area contributed by atoms with Crippen LogP contribution in [0.1, 0.15) is 27.2 Å². The molecule has 4 heteroatoms. The van der Waals surface area contributed by atoms with Gasteiger partial charge in [-0.25, -0.2) is 4.98 Å². The highest BCUT2D eigenvalue weighted by Crippen LogP contribution is 2.17. The van der Waals surface area contributed by atoms with E-state index in [9.17, 15) is 4.79 Å². The molecule has 0 amide bonds. The number of fused-ring (bicyclic) bond motifs is 1. The Hall–Kier alpha value is -4.23. The van der Waals surface area contributed by atoms with Gasteiger partial charge in [-0.3, -0.25) is 4.79 Å². The maximum Gasteiger partial charge on any atom is 0.185 e. The van der Waals surface area contributed by atoms with Crippen LogP contribution >= 0.6 is 0 Å². The lowest BCUT2D eigenvalue weighted by atomic mass is 10.1. The van der Waals surface area contributed by atoms with Gasteiger partial charge in [-0.1, -0.05) is 54.6 Å². The average Bonchev–Trinajstić information content (AvgIpc) is 2.81. The van der Waals surface area contributed by atoms with Gasteiger partial charge >= 0.3 is 0 Å². The third-order valence-electron chi connectivity index (χ3n) is 4.63. The highest BCUT2D eigenvalue weighted by Gasteiger charge is 2.03. The highest BCUT2D eigenvalue weighted by atomic mass is 16.5. The number of pyridine rings is 1. The number of allylic oxidation sites excluding steroid dienone is 1. The van der Waals surface area contributed by atoms with E-state index >= 15 is 0 Å². The molecule has 1 heterocycles. The summed E-state index contributed by atoms with van der Waals surface area (Å²) in [6.07, 6.45) is 3.25. The van der Waals surface area contributed by atoms with E-state index in [0.29, 0.717) is 17.7 Å². The van der Waals surface area contributed by atoms with Crippen LogP contribution in [0, 0.1) is 11.3 Å². The number of ether oxygens (including phenoxy) is 1. The molecule has 0 bridgehead atoms. The zero-order chi connectivity index (χ0) is 20.8. The summed E-state index contributed by atoms with van der Waals surface area (Å²) < 4.78 is 5.83. The molecular formula is C26H18N2O2. The molecule has 0 spiro atoms. The molecule has 0 aliphatic rings. The lowest BCUT2D eigenvalue weighted by molar-refractivity contribution is 0.104. The van der Waals surface area contributed by atoms with Gasteiger partial charge in [0.2, 0.25) is 0 Å². The Morgan fingerprint density at radius 3 is 2.63 bits per heavy atom. The molecular weight excluding hydrogens is 372 g/mol. The van der Waals surface area contributed by atoms with Crippen molar-refractivity contribution < 1.29 is 9.53 Å². The first-order valence-electron chi connectivity index (χ1n) is 9.51. The van der Waals surface area contributed by atoms with Crippen molar-refractivity contribution in [3.63, 3.8) is 0 Å². The van der Waals surface area contributed by atoms with Crippen molar-refractivity contribution >= 4 is 22.8 Å². The minimum absolute atomic E-state index is 0.144. The van der Waals surface area contributed by atoms with Crippen molar-refractivity contribution in [2.24, 2.45) is 0 Å². The van der Waals surface area contributed by atoms with Gasteiger partial charge in [0.05, 0.1) is 22.8 Å². The standard InChI is InChI=1S/C26H18N2O2/c27-17-20-4-3-6-22(16-20)26(29)15-10-19-8-13-24(14-9-19)30-18-23-12-11-21-5-1-2-7-25(21)28-23/h1-16H,18H2. The molecule has 4 aromatic rings. The smallest absolute Gasteiger partial charge is 0.185 e. The quantitative estimate of drug-likeness (QED) is 0.318. The summed E-state index contributed by atoms with van der Waals surface area (Å²) in [7, 11) is 0. The highest BCUT2D eigenvalue weighted by molar-refractivity contribution is 6.07. The van der Waals surface area contributed by atoms with Crippen molar-refractivity contribution in [3.05, 3.63) is 113 Å². The van der Waals surface area contributed by atoms with Crippen LogP contribution < -0.4 is 4.74 Å².